The van der Waals surface area contributed by atoms with E-state index >= 15 is 0 Å². The third-order valence-corrected chi connectivity index (χ3v) is 3.26. The van der Waals surface area contributed by atoms with Crippen LogP contribution >= 0.6 is 0 Å². The van der Waals surface area contributed by atoms with Gasteiger partial charge in [0.15, 0.2) is 0 Å². The van der Waals surface area contributed by atoms with Gasteiger partial charge < -0.3 is 10.1 Å². The van der Waals surface area contributed by atoms with Crippen molar-refractivity contribution >= 4 is 0 Å². The highest BCUT2D eigenvalue weighted by molar-refractivity contribution is 5.16. The van der Waals surface area contributed by atoms with Crippen molar-refractivity contribution in [3.05, 3.63) is 23.9 Å². The second-order valence-electron chi connectivity index (χ2n) is 5.78. The van der Waals surface area contributed by atoms with Crippen LogP contribution in [0.25, 0.3) is 0 Å². The maximum Gasteiger partial charge on any atom is 0.213 e. The lowest BCUT2D eigenvalue weighted by Gasteiger charge is -2.15. The average molecular weight is 278 g/mol. The highest BCUT2D eigenvalue weighted by atomic mass is 16.5. The quantitative estimate of drug-likeness (QED) is 0.647. The summed E-state index contributed by atoms with van der Waals surface area (Å²) in [5.41, 5.74) is 1.04. The van der Waals surface area contributed by atoms with E-state index in [1.165, 1.54) is 25.7 Å². The van der Waals surface area contributed by atoms with Gasteiger partial charge in [0.05, 0.1) is 11.8 Å². The molecule has 0 amide bonds. The first-order chi connectivity index (χ1) is 9.61. The van der Waals surface area contributed by atoms with Crippen LogP contribution in [-0.4, -0.2) is 17.1 Å². The Morgan fingerprint density at radius 1 is 1.15 bits per heavy atom. The number of rotatable bonds is 10. The zero-order chi connectivity index (χ0) is 14.8. The molecule has 0 aromatic carbocycles. The Balaban J connectivity index is 2.36. The van der Waals surface area contributed by atoms with Crippen molar-refractivity contribution in [2.24, 2.45) is 0 Å². The topological polar surface area (TPSA) is 34.1 Å². The first-order valence-electron chi connectivity index (χ1n) is 7.97. The lowest BCUT2D eigenvalue weighted by molar-refractivity contribution is 0.197. The van der Waals surface area contributed by atoms with Crippen LogP contribution in [0.2, 0.25) is 0 Å². The zero-order valence-electron chi connectivity index (χ0n) is 13.5. The number of nitrogens with one attached hydrogen (secondary N) is 1. The summed E-state index contributed by atoms with van der Waals surface area (Å²) in [6, 6.07) is 6.47. The van der Waals surface area contributed by atoms with Gasteiger partial charge in [-0.25, -0.2) is 4.98 Å². The first kappa shape index (κ1) is 17.0. The van der Waals surface area contributed by atoms with Gasteiger partial charge >= 0.3 is 0 Å². The molecule has 114 valence electrons. The van der Waals surface area contributed by atoms with Gasteiger partial charge in [-0.15, -0.1) is 0 Å². The summed E-state index contributed by atoms with van der Waals surface area (Å²) in [5.74, 6) is 0.746. The number of aromatic nitrogens is 1. The fraction of sp³-hybridized carbons (Fsp3) is 0.706. The van der Waals surface area contributed by atoms with Crippen LogP contribution in [0.4, 0.5) is 0 Å². The van der Waals surface area contributed by atoms with Gasteiger partial charge in [0.2, 0.25) is 5.88 Å². The minimum atomic E-state index is 0.243. The van der Waals surface area contributed by atoms with Crippen LogP contribution < -0.4 is 10.1 Å². The van der Waals surface area contributed by atoms with Gasteiger partial charge in [-0.05, 0) is 25.8 Å². The van der Waals surface area contributed by atoms with Crippen molar-refractivity contribution in [1.82, 2.24) is 10.3 Å². The highest BCUT2D eigenvalue weighted by Gasteiger charge is 2.06. The summed E-state index contributed by atoms with van der Waals surface area (Å²) >= 11 is 0. The second-order valence-corrected chi connectivity index (χ2v) is 5.78. The van der Waals surface area contributed by atoms with Gasteiger partial charge in [-0.3, -0.25) is 0 Å². The molecule has 0 aliphatic carbocycles. The molecule has 1 atom stereocenters. The van der Waals surface area contributed by atoms with E-state index in [1.807, 2.05) is 18.2 Å². The third kappa shape index (κ3) is 7.49. The van der Waals surface area contributed by atoms with Crippen molar-refractivity contribution in [3.8, 4) is 5.88 Å². The van der Waals surface area contributed by atoms with E-state index in [1.54, 1.807) is 0 Å². The van der Waals surface area contributed by atoms with E-state index < -0.39 is 0 Å². The van der Waals surface area contributed by atoms with E-state index in [0.717, 1.165) is 24.5 Å². The summed E-state index contributed by atoms with van der Waals surface area (Å²) in [6.45, 7) is 9.43. The molecule has 1 rings (SSSR count). The Hall–Kier alpha value is -1.09. The van der Waals surface area contributed by atoms with Crippen LogP contribution in [0.3, 0.4) is 0 Å². The summed E-state index contributed by atoms with van der Waals surface area (Å²) < 4.78 is 5.90. The largest absolute Gasteiger partial charge is 0.475 e. The molecule has 0 radical (unpaired) electrons. The molecule has 1 heterocycles. The number of hydrogen-bond donors (Lipinski definition) is 1. The van der Waals surface area contributed by atoms with Gasteiger partial charge in [0.25, 0.3) is 0 Å². The summed E-state index contributed by atoms with van der Waals surface area (Å²) in [4.78, 5) is 4.54. The number of pyridine rings is 1. The van der Waals surface area contributed by atoms with Crippen molar-refractivity contribution in [3.63, 3.8) is 0 Å². The predicted octanol–water partition coefficient (Wildman–Crippen LogP) is 4.32. The van der Waals surface area contributed by atoms with Gasteiger partial charge in [0.1, 0.15) is 0 Å². The smallest absolute Gasteiger partial charge is 0.213 e. The van der Waals surface area contributed by atoms with Crippen LogP contribution in [0.15, 0.2) is 18.2 Å². The summed E-state index contributed by atoms with van der Waals surface area (Å²) in [7, 11) is 0. The summed E-state index contributed by atoms with van der Waals surface area (Å²) in [6.07, 6.45) is 6.49. The fourth-order valence-corrected chi connectivity index (χ4v) is 2.05. The van der Waals surface area contributed by atoms with Crippen molar-refractivity contribution in [2.45, 2.75) is 78.5 Å². The molecular weight excluding hydrogens is 248 g/mol. The molecule has 1 unspecified atom stereocenters. The zero-order valence-corrected chi connectivity index (χ0v) is 13.5. The Morgan fingerprint density at radius 2 is 1.95 bits per heavy atom. The molecule has 1 aromatic heterocycles. The predicted molar refractivity (Wildman–Crippen MR) is 85.1 cm³/mol. The molecule has 3 nitrogen and oxygen atoms in total. The van der Waals surface area contributed by atoms with E-state index in [2.05, 4.69) is 38.0 Å². The monoisotopic (exact) mass is 278 g/mol. The molecule has 0 bridgehead atoms. The molecule has 1 aromatic rings. The number of hydrogen-bond acceptors (Lipinski definition) is 3. The fourth-order valence-electron chi connectivity index (χ4n) is 2.05. The summed E-state index contributed by atoms with van der Waals surface area (Å²) in [5, 5.41) is 3.37. The van der Waals surface area contributed by atoms with Crippen LogP contribution in [0.1, 0.15) is 65.5 Å². The van der Waals surface area contributed by atoms with Crippen molar-refractivity contribution in [1.29, 1.82) is 0 Å². The van der Waals surface area contributed by atoms with Crippen LogP contribution in [-0.2, 0) is 6.54 Å². The Bertz CT molecular complexity index is 366. The normalized spacial score (nSPS) is 12.7. The van der Waals surface area contributed by atoms with Crippen LogP contribution in [0, 0.1) is 0 Å². The maximum atomic E-state index is 5.90. The van der Waals surface area contributed by atoms with Gasteiger partial charge in [-0.1, -0.05) is 46.1 Å². The van der Waals surface area contributed by atoms with Gasteiger partial charge in [-0.2, -0.15) is 0 Å². The van der Waals surface area contributed by atoms with Crippen molar-refractivity contribution in [2.75, 3.05) is 0 Å². The molecule has 0 spiro atoms. The van der Waals surface area contributed by atoms with E-state index in [-0.39, 0.29) is 6.10 Å². The number of unbranched alkanes of at least 4 members (excludes halogenated alkanes) is 3. The molecule has 0 aliphatic heterocycles. The molecule has 0 fully saturated rings. The third-order valence-electron chi connectivity index (χ3n) is 3.26. The highest BCUT2D eigenvalue weighted by Crippen LogP contribution is 2.13. The molecule has 0 saturated carbocycles. The van der Waals surface area contributed by atoms with E-state index in [4.69, 9.17) is 4.74 Å². The first-order valence-corrected chi connectivity index (χ1v) is 7.97. The molecule has 1 N–H and O–H groups in total. The lowest BCUT2D eigenvalue weighted by atomic mass is 10.1. The Morgan fingerprint density at radius 3 is 2.65 bits per heavy atom. The molecule has 3 heteroatoms. The van der Waals surface area contributed by atoms with Crippen LogP contribution in [0.5, 0.6) is 5.88 Å². The Kier molecular flexibility index (Phi) is 8.28. The molecule has 0 saturated heterocycles. The van der Waals surface area contributed by atoms with E-state index in [9.17, 15) is 0 Å². The maximum absolute atomic E-state index is 5.90. The molecular formula is C17H30N2O. The standard InChI is InChI=1S/C17H30N2O/c1-5-6-7-8-10-15(4)20-17-12-9-11-16(19-17)13-18-14(2)3/h9,11-12,14-15,18H,5-8,10,13H2,1-4H3. The van der Waals surface area contributed by atoms with E-state index in [0.29, 0.717) is 6.04 Å². The molecule has 20 heavy (non-hydrogen) atoms. The average Bonchev–Trinajstić information content (AvgIpc) is 2.42. The van der Waals surface area contributed by atoms with Gasteiger partial charge in [0, 0.05) is 18.7 Å². The second kappa shape index (κ2) is 9.76. The minimum absolute atomic E-state index is 0.243. The number of nitrogens with zero attached hydrogens (tertiary/aromatic N) is 1. The minimum Gasteiger partial charge on any atom is -0.475 e. The SMILES string of the molecule is CCCCCCC(C)Oc1cccc(CNC(C)C)n1. The number of ether oxygens (including phenoxy) is 1. The molecule has 0 aliphatic rings. The lowest BCUT2D eigenvalue weighted by Crippen LogP contribution is -2.22. The Labute approximate surface area is 124 Å². The van der Waals surface area contributed by atoms with Crippen molar-refractivity contribution < 1.29 is 4.74 Å².